The van der Waals surface area contributed by atoms with Gasteiger partial charge in [-0.15, -0.1) is 0 Å². The molecule has 0 aromatic carbocycles. The molecule has 0 aliphatic heterocycles. The zero-order valence-corrected chi connectivity index (χ0v) is 7.85. The first kappa shape index (κ1) is 10.2. The summed E-state index contributed by atoms with van der Waals surface area (Å²) in [7, 11) is 2.85. The first-order valence-electron chi connectivity index (χ1n) is 3.84. The monoisotopic (exact) mass is 198 g/mol. The van der Waals surface area contributed by atoms with Crippen LogP contribution in [0.15, 0.2) is 6.33 Å². The molecule has 0 saturated carbocycles. The third-order valence-electron chi connectivity index (χ3n) is 1.42. The Balaban J connectivity index is 2.41. The lowest BCUT2D eigenvalue weighted by molar-refractivity contribution is -0.152. The Kier molecular flexibility index (Phi) is 3.16. The van der Waals surface area contributed by atoms with Crippen molar-refractivity contribution in [1.82, 2.24) is 20.1 Å². The van der Waals surface area contributed by atoms with E-state index < -0.39 is 11.9 Å². The van der Waals surface area contributed by atoms with Gasteiger partial charge in [-0.2, -0.15) is 5.10 Å². The summed E-state index contributed by atoms with van der Waals surface area (Å²) in [5.41, 5.74) is 0. The second-order valence-corrected chi connectivity index (χ2v) is 2.51. The summed E-state index contributed by atoms with van der Waals surface area (Å²) in [4.78, 5) is 25.4. The SMILES string of the molecule is COC(=O)C(=O)NCc1ncn(C)n1. The van der Waals surface area contributed by atoms with Gasteiger partial charge in [-0.1, -0.05) is 0 Å². The van der Waals surface area contributed by atoms with Gasteiger partial charge in [-0.05, 0) is 0 Å². The predicted molar refractivity (Wildman–Crippen MR) is 44.9 cm³/mol. The van der Waals surface area contributed by atoms with Crippen molar-refractivity contribution in [2.45, 2.75) is 6.54 Å². The van der Waals surface area contributed by atoms with E-state index in [0.29, 0.717) is 5.82 Å². The quantitative estimate of drug-likeness (QED) is 0.466. The van der Waals surface area contributed by atoms with Crippen LogP contribution in [0.2, 0.25) is 0 Å². The fourth-order valence-corrected chi connectivity index (χ4v) is 0.789. The summed E-state index contributed by atoms with van der Waals surface area (Å²) in [5, 5.41) is 6.22. The number of carbonyl (C=O) groups excluding carboxylic acids is 2. The fourth-order valence-electron chi connectivity index (χ4n) is 0.789. The summed E-state index contributed by atoms with van der Waals surface area (Å²) in [6.45, 7) is 0.106. The highest BCUT2D eigenvalue weighted by Gasteiger charge is 2.13. The highest BCUT2D eigenvalue weighted by Crippen LogP contribution is 1.86. The Hall–Kier alpha value is -1.92. The highest BCUT2D eigenvalue weighted by atomic mass is 16.5. The molecular weight excluding hydrogens is 188 g/mol. The van der Waals surface area contributed by atoms with E-state index >= 15 is 0 Å². The average Bonchev–Trinajstić information content (AvgIpc) is 2.59. The molecule has 14 heavy (non-hydrogen) atoms. The number of amides is 1. The minimum atomic E-state index is -0.930. The fraction of sp³-hybridized carbons (Fsp3) is 0.429. The van der Waals surface area contributed by atoms with Gasteiger partial charge in [-0.3, -0.25) is 9.48 Å². The lowest BCUT2D eigenvalue weighted by atomic mass is 10.5. The number of hydrogen-bond donors (Lipinski definition) is 1. The van der Waals surface area contributed by atoms with E-state index in [4.69, 9.17) is 0 Å². The number of aromatic nitrogens is 3. The Morgan fingerprint density at radius 1 is 1.64 bits per heavy atom. The van der Waals surface area contributed by atoms with E-state index in [1.165, 1.54) is 11.0 Å². The molecule has 1 aromatic heterocycles. The molecule has 76 valence electrons. The van der Waals surface area contributed by atoms with Crippen molar-refractivity contribution < 1.29 is 14.3 Å². The number of nitrogens with zero attached hydrogens (tertiary/aromatic N) is 3. The standard InChI is InChI=1S/C7H10N4O3/c1-11-4-9-5(10-11)3-8-6(12)7(13)14-2/h4H,3H2,1-2H3,(H,8,12). The number of nitrogens with one attached hydrogen (secondary N) is 1. The molecule has 0 saturated heterocycles. The second kappa shape index (κ2) is 4.35. The minimum Gasteiger partial charge on any atom is -0.462 e. The molecule has 1 rings (SSSR count). The third kappa shape index (κ3) is 2.54. The molecule has 0 bridgehead atoms. The summed E-state index contributed by atoms with van der Waals surface area (Å²) in [6.07, 6.45) is 1.50. The summed E-state index contributed by atoms with van der Waals surface area (Å²) in [6, 6.07) is 0. The zero-order chi connectivity index (χ0) is 10.6. The molecule has 0 spiro atoms. The summed E-state index contributed by atoms with van der Waals surface area (Å²) < 4.78 is 5.71. The van der Waals surface area contributed by atoms with Gasteiger partial charge in [0.05, 0.1) is 13.7 Å². The molecule has 7 heteroatoms. The topological polar surface area (TPSA) is 86.1 Å². The normalized spacial score (nSPS) is 9.57. The molecule has 1 heterocycles. The van der Waals surface area contributed by atoms with Crippen LogP contribution in [-0.2, 0) is 27.9 Å². The van der Waals surface area contributed by atoms with E-state index in [-0.39, 0.29) is 6.54 Å². The maximum atomic E-state index is 10.9. The van der Waals surface area contributed by atoms with Crippen LogP contribution < -0.4 is 5.32 Å². The van der Waals surface area contributed by atoms with Crippen molar-refractivity contribution in [3.05, 3.63) is 12.2 Å². The van der Waals surface area contributed by atoms with Crippen LogP contribution in [0.4, 0.5) is 0 Å². The Bertz CT molecular complexity index is 346. The van der Waals surface area contributed by atoms with Crippen molar-refractivity contribution in [2.75, 3.05) is 7.11 Å². The van der Waals surface area contributed by atoms with Gasteiger partial charge < -0.3 is 10.1 Å². The van der Waals surface area contributed by atoms with Gasteiger partial charge in [0.15, 0.2) is 5.82 Å². The number of methoxy groups -OCH3 is 1. The van der Waals surface area contributed by atoms with Gasteiger partial charge in [-0.25, -0.2) is 9.78 Å². The molecule has 0 aliphatic carbocycles. The first-order valence-corrected chi connectivity index (χ1v) is 3.84. The van der Waals surface area contributed by atoms with Crippen molar-refractivity contribution in [1.29, 1.82) is 0 Å². The molecule has 0 atom stereocenters. The number of ether oxygens (including phenoxy) is 1. The molecule has 1 amide bonds. The van der Waals surface area contributed by atoms with Gasteiger partial charge in [0.1, 0.15) is 6.33 Å². The summed E-state index contributed by atoms with van der Waals surface area (Å²) >= 11 is 0. The minimum absolute atomic E-state index is 0.106. The molecule has 7 nitrogen and oxygen atoms in total. The van der Waals surface area contributed by atoms with Crippen molar-refractivity contribution in [3.63, 3.8) is 0 Å². The second-order valence-electron chi connectivity index (χ2n) is 2.51. The molecular formula is C7H10N4O3. The smallest absolute Gasteiger partial charge is 0.396 e. The number of carbonyl (C=O) groups is 2. The zero-order valence-electron chi connectivity index (χ0n) is 7.85. The van der Waals surface area contributed by atoms with Crippen molar-refractivity contribution >= 4 is 11.9 Å². The van der Waals surface area contributed by atoms with E-state index in [2.05, 4.69) is 20.1 Å². The number of aryl methyl sites for hydroxylation is 1. The van der Waals surface area contributed by atoms with Crippen molar-refractivity contribution in [3.8, 4) is 0 Å². The number of rotatable bonds is 2. The Labute approximate surface area is 80.1 Å². The molecule has 0 radical (unpaired) electrons. The number of esters is 1. The predicted octanol–water partition coefficient (Wildman–Crippen LogP) is -1.40. The lowest BCUT2D eigenvalue weighted by Gasteiger charge is -1.99. The maximum absolute atomic E-state index is 10.9. The maximum Gasteiger partial charge on any atom is 0.396 e. The van der Waals surface area contributed by atoms with Gasteiger partial charge in [0.25, 0.3) is 0 Å². The van der Waals surface area contributed by atoms with Crippen LogP contribution in [0.5, 0.6) is 0 Å². The third-order valence-corrected chi connectivity index (χ3v) is 1.42. The Morgan fingerprint density at radius 2 is 2.36 bits per heavy atom. The van der Waals surface area contributed by atoms with E-state index in [0.717, 1.165) is 7.11 Å². The highest BCUT2D eigenvalue weighted by molar-refractivity contribution is 6.32. The average molecular weight is 198 g/mol. The van der Waals surface area contributed by atoms with E-state index in [1.807, 2.05) is 0 Å². The lowest BCUT2D eigenvalue weighted by Crippen LogP contribution is -2.31. The Morgan fingerprint density at radius 3 is 2.86 bits per heavy atom. The number of hydrogen-bond acceptors (Lipinski definition) is 5. The van der Waals surface area contributed by atoms with Crippen LogP contribution in [-0.4, -0.2) is 33.8 Å². The van der Waals surface area contributed by atoms with E-state index in [9.17, 15) is 9.59 Å². The first-order chi connectivity index (χ1) is 6.63. The van der Waals surface area contributed by atoms with Gasteiger partial charge >= 0.3 is 11.9 Å². The molecule has 0 fully saturated rings. The van der Waals surface area contributed by atoms with Crippen molar-refractivity contribution in [2.24, 2.45) is 7.05 Å². The molecule has 0 unspecified atom stereocenters. The van der Waals surface area contributed by atoms with Crippen LogP contribution in [0.1, 0.15) is 5.82 Å². The van der Waals surface area contributed by atoms with Crippen LogP contribution in [0, 0.1) is 0 Å². The molecule has 1 N–H and O–H groups in total. The summed E-state index contributed by atoms with van der Waals surface area (Å²) in [5.74, 6) is -1.30. The van der Waals surface area contributed by atoms with Crippen LogP contribution in [0.3, 0.4) is 0 Å². The molecule has 1 aromatic rings. The van der Waals surface area contributed by atoms with Gasteiger partial charge in [0, 0.05) is 7.05 Å². The van der Waals surface area contributed by atoms with Crippen LogP contribution >= 0.6 is 0 Å². The van der Waals surface area contributed by atoms with Crippen LogP contribution in [0.25, 0.3) is 0 Å². The largest absolute Gasteiger partial charge is 0.462 e. The van der Waals surface area contributed by atoms with Gasteiger partial charge in [0.2, 0.25) is 0 Å². The van der Waals surface area contributed by atoms with E-state index in [1.54, 1.807) is 7.05 Å². The molecule has 0 aliphatic rings.